The molecule has 108 valence electrons. The molecule has 1 heterocycles. The second kappa shape index (κ2) is 6.47. The number of nitrogens with one attached hydrogen (secondary N) is 1. The summed E-state index contributed by atoms with van der Waals surface area (Å²) in [7, 11) is 1.73. The molecule has 1 saturated heterocycles. The third-order valence-corrected chi connectivity index (χ3v) is 3.53. The molecule has 0 saturated carbocycles. The van der Waals surface area contributed by atoms with Crippen molar-refractivity contribution in [3.8, 4) is 0 Å². The largest absolute Gasteiger partial charge is 0.340 e. The second-order valence-corrected chi connectivity index (χ2v) is 5.12. The molecule has 1 aromatic rings. The molecule has 1 aliphatic heterocycles. The van der Waals surface area contributed by atoms with Gasteiger partial charge < -0.3 is 10.2 Å². The van der Waals surface area contributed by atoms with Crippen LogP contribution in [0.3, 0.4) is 0 Å². The van der Waals surface area contributed by atoms with Gasteiger partial charge in [-0.2, -0.15) is 0 Å². The van der Waals surface area contributed by atoms with Gasteiger partial charge in [0.05, 0.1) is 11.0 Å². The fourth-order valence-electron chi connectivity index (χ4n) is 2.45. The number of nitro benzene ring substituents is 1. The Bertz CT molecular complexity index is 498. The fourth-order valence-corrected chi connectivity index (χ4v) is 2.45. The molecule has 0 spiro atoms. The summed E-state index contributed by atoms with van der Waals surface area (Å²) in [4.78, 5) is 24.2. The van der Waals surface area contributed by atoms with Crippen molar-refractivity contribution in [1.82, 2.24) is 10.2 Å². The van der Waals surface area contributed by atoms with E-state index < -0.39 is 4.92 Å². The van der Waals surface area contributed by atoms with Crippen LogP contribution in [0.5, 0.6) is 0 Å². The number of nitro groups is 1. The molecule has 1 aromatic carbocycles. The van der Waals surface area contributed by atoms with Crippen LogP contribution < -0.4 is 5.32 Å². The number of carbonyl (C=O) groups is 1. The van der Waals surface area contributed by atoms with Crippen LogP contribution >= 0.6 is 0 Å². The highest BCUT2D eigenvalue weighted by atomic mass is 16.6. The van der Waals surface area contributed by atoms with E-state index in [1.165, 1.54) is 12.1 Å². The number of hydrogen-bond donors (Lipinski definition) is 1. The van der Waals surface area contributed by atoms with E-state index in [0.29, 0.717) is 6.54 Å². The second-order valence-electron chi connectivity index (χ2n) is 5.12. The minimum atomic E-state index is -0.423. The Hall–Kier alpha value is -1.95. The number of likely N-dealkylation sites (N-methyl/N-ethyl adjacent to an activating group) is 1. The van der Waals surface area contributed by atoms with Crippen molar-refractivity contribution in [3.63, 3.8) is 0 Å². The number of hydrogen-bond acceptors (Lipinski definition) is 4. The molecule has 1 fully saturated rings. The van der Waals surface area contributed by atoms with Crippen molar-refractivity contribution in [3.05, 3.63) is 39.9 Å². The van der Waals surface area contributed by atoms with E-state index in [4.69, 9.17) is 0 Å². The summed E-state index contributed by atoms with van der Waals surface area (Å²) in [6.07, 6.45) is 3.03. The zero-order chi connectivity index (χ0) is 14.5. The molecule has 0 bridgehead atoms. The summed E-state index contributed by atoms with van der Waals surface area (Å²) < 4.78 is 0. The van der Waals surface area contributed by atoms with Crippen LogP contribution in [0.1, 0.15) is 24.8 Å². The van der Waals surface area contributed by atoms with Gasteiger partial charge in [0.2, 0.25) is 5.91 Å². The molecule has 1 N–H and O–H groups in total. The molecular formula is C14H19N3O3. The summed E-state index contributed by atoms with van der Waals surface area (Å²) in [5.74, 6) is 0.0520. The minimum absolute atomic E-state index is 0.0520. The van der Waals surface area contributed by atoms with Gasteiger partial charge in [-0.3, -0.25) is 14.9 Å². The van der Waals surface area contributed by atoms with E-state index in [0.717, 1.165) is 31.4 Å². The maximum Gasteiger partial charge on any atom is 0.269 e. The number of benzene rings is 1. The zero-order valence-corrected chi connectivity index (χ0v) is 11.5. The van der Waals surface area contributed by atoms with Crippen LogP contribution in [0, 0.1) is 10.1 Å². The Morgan fingerprint density at radius 1 is 1.50 bits per heavy atom. The van der Waals surface area contributed by atoms with Gasteiger partial charge >= 0.3 is 0 Å². The predicted octanol–water partition coefficient (Wildman–Crippen LogP) is 1.70. The van der Waals surface area contributed by atoms with E-state index in [9.17, 15) is 14.9 Å². The quantitative estimate of drug-likeness (QED) is 0.671. The number of non-ortho nitro benzene ring substituents is 1. The molecule has 0 aliphatic carbocycles. The molecule has 1 atom stereocenters. The smallest absolute Gasteiger partial charge is 0.269 e. The number of carbonyl (C=O) groups excluding carboxylic acids is 1. The molecule has 2 rings (SSSR count). The Morgan fingerprint density at radius 3 is 2.95 bits per heavy atom. The van der Waals surface area contributed by atoms with Gasteiger partial charge in [0, 0.05) is 25.7 Å². The summed E-state index contributed by atoms with van der Waals surface area (Å²) in [5.41, 5.74) is 0.824. The number of amides is 1. The molecule has 0 radical (unpaired) electrons. The highest BCUT2D eigenvalue weighted by Gasteiger charge is 2.23. The minimum Gasteiger partial charge on any atom is -0.340 e. The van der Waals surface area contributed by atoms with Gasteiger partial charge in [0.1, 0.15) is 0 Å². The lowest BCUT2D eigenvalue weighted by molar-refractivity contribution is -0.384. The van der Waals surface area contributed by atoms with Crippen molar-refractivity contribution >= 4 is 11.6 Å². The Kier molecular flexibility index (Phi) is 4.68. The third kappa shape index (κ3) is 3.54. The standard InChI is InChI=1S/C14H19N3O3/c1-16(14(18)13-7-2-3-8-15-13)10-11-5-4-6-12(9-11)17(19)20/h4-6,9,13,15H,2-3,7-8,10H2,1H3/t13-/m1/s1. The molecule has 1 amide bonds. The average molecular weight is 277 g/mol. The summed E-state index contributed by atoms with van der Waals surface area (Å²) in [6, 6.07) is 6.29. The first kappa shape index (κ1) is 14.5. The van der Waals surface area contributed by atoms with Gasteiger partial charge in [-0.25, -0.2) is 0 Å². The number of piperidine rings is 1. The van der Waals surface area contributed by atoms with Gasteiger partial charge in [-0.15, -0.1) is 0 Å². The molecule has 1 aliphatic rings. The molecule has 20 heavy (non-hydrogen) atoms. The SMILES string of the molecule is CN(Cc1cccc([N+](=O)[O-])c1)C(=O)[C@H]1CCCCN1. The zero-order valence-electron chi connectivity index (χ0n) is 11.5. The highest BCUT2D eigenvalue weighted by Crippen LogP contribution is 2.16. The molecule has 0 unspecified atom stereocenters. The van der Waals surface area contributed by atoms with Crippen molar-refractivity contribution in [2.24, 2.45) is 0 Å². The van der Waals surface area contributed by atoms with Gasteiger partial charge in [0.15, 0.2) is 0 Å². The van der Waals surface area contributed by atoms with E-state index in [1.54, 1.807) is 24.1 Å². The van der Waals surface area contributed by atoms with Crippen molar-refractivity contribution in [2.75, 3.05) is 13.6 Å². The lowest BCUT2D eigenvalue weighted by atomic mass is 10.0. The average Bonchev–Trinajstić information content (AvgIpc) is 2.47. The van der Waals surface area contributed by atoms with Crippen LogP contribution in [0.4, 0.5) is 5.69 Å². The Labute approximate surface area is 117 Å². The van der Waals surface area contributed by atoms with E-state index >= 15 is 0 Å². The van der Waals surface area contributed by atoms with Crippen molar-refractivity contribution < 1.29 is 9.72 Å². The topological polar surface area (TPSA) is 75.5 Å². The van der Waals surface area contributed by atoms with Crippen LogP contribution in [0.2, 0.25) is 0 Å². The lowest BCUT2D eigenvalue weighted by Gasteiger charge is -2.27. The normalized spacial score (nSPS) is 18.6. The maximum absolute atomic E-state index is 12.3. The number of rotatable bonds is 4. The van der Waals surface area contributed by atoms with E-state index in [-0.39, 0.29) is 17.6 Å². The van der Waals surface area contributed by atoms with Gasteiger partial charge in [-0.1, -0.05) is 18.6 Å². The van der Waals surface area contributed by atoms with E-state index in [1.807, 2.05) is 0 Å². The highest BCUT2D eigenvalue weighted by molar-refractivity contribution is 5.81. The maximum atomic E-state index is 12.3. The van der Waals surface area contributed by atoms with E-state index in [2.05, 4.69) is 5.32 Å². The first-order valence-corrected chi connectivity index (χ1v) is 6.79. The van der Waals surface area contributed by atoms with Crippen LogP contribution in [-0.2, 0) is 11.3 Å². The van der Waals surface area contributed by atoms with Crippen molar-refractivity contribution in [1.29, 1.82) is 0 Å². The Balaban J connectivity index is 1.99. The van der Waals surface area contributed by atoms with Gasteiger partial charge in [0.25, 0.3) is 5.69 Å². The van der Waals surface area contributed by atoms with Gasteiger partial charge in [-0.05, 0) is 24.9 Å². The molecule has 6 heteroatoms. The monoisotopic (exact) mass is 277 g/mol. The van der Waals surface area contributed by atoms with Crippen LogP contribution in [-0.4, -0.2) is 35.4 Å². The first-order chi connectivity index (χ1) is 9.58. The first-order valence-electron chi connectivity index (χ1n) is 6.79. The summed E-state index contributed by atoms with van der Waals surface area (Å²) >= 11 is 0. The van der Waals surface area contributed by atoms with Crippen LogP contribution in [0.25, 0.3) is 0 Å². The summed E-state index contributed by atoms with van der Waals surface area (Å²) in [5, 5.41) is 14.0. The molecule has 6 nitrogen and oxygen atoms in total. The third-order valence-electron chi connectivity index (χ3n) is 3.53. The fraction of sp³-hybridized carbons (Fsp3) is 0.500. The molecular weight excluding hydrogens is 258 g/mol. The lowest BCUT2D eigenvalue weighted by Crippen LogP contribution is -2.46. The molecule has 0 aromatic heterocycles. The summed E-state index contributed by atoms with van der Waals surface area (Å²) in [6.45, 7) is 1.26. The number of nitrogens with zero attached hydrogens (tertiary/aromatic N) is 2. The van der Waals surface area contributed by atoms with Crippen molar-refractivity contribution in [2.45, 2.75) is 31.8 Å². The van der Waals surface area contributed by atoms with Crippen LogP contribution in [0.15, 0.2) is 24.3 Å². The Morgan fingerprint density at radius 2 is 2.30 bits per heavy atom. The predicted molar refractivity (Wildman–Crippen MR) is 75.2 cm³/mol.